The average Bonchev–Trinajstić information content (AvgIpc) is 2.53. The number of carbonyl (C=O) groups is 2. The van der Waals surface area contributed by atoms with Crippen LogP contribution in [0.1, 0.15) is 11.1 Å². The summed E-state index contributed by atoms with van der Waals surface area (Å²) in [6.07, 6.45) is 1.23. The van der Waals surface area contributed by atoms with Crippen LogP contribution in [0.5, 0.6) is 0 Å². The molecule has 28 heavy (non-hydrogen) atoms. The first kappa shape index (κ1) is 22.5. The van der Waals surface area contributed by atoms with Gasteiger partial charge in [-0.2, -0.15) is 0 Å². The molecule has 0 aromatic heterocycles. The van der Waals surface area contributed by atoms with Crippen LogP contribution >= 0.6 is 13.7 Å². The molecule has 154 valence electrons. The topological polar surface area (TPSA) is 52.6 Å². The van der Waals surface area contributed by atoms with Gasteiger partial charge in [0.2, 0.25) is 0 Å². The molecule has 0 atom stereocenters. The molecular weight excluding hydrogens is 390 g/mol. The molecule has 0 N–H and O–H groups in total. The molecule has 4 nitrogen and oxygen atoms in total. The summed E-state index contributed by atoms with van der Waals surface area (Å²) in [5.41, 5.74) is 2.16. The fourth-order valence-corrected chi connectivity index (χ4v) is 7.58. The first-order valence-electron chi connectivity index (χ1n) is 9.28. The molecule has 0 saturated carbocycles. The Bertz CT molecular complexity index is 771. The quantitative estimate of drug-likeness (QED) is 0.475. The number of hydrogen-bond donors (Lipinski definition) is 0. The molecule has 0 heterocycles. The van der Waals surface area contributed by atoms with Gasteiger partial charge in [-0.05, 0) is 0 Å². The molecule has 0 aliphatic rings. The molecule has 0 saturated heterocycles. The summed E-state index contributed by atoms with van der Waals surface area (Å²) in [6.45, 7) is 5.93. The Morgan fingerprint density at radius 1 is 0.607 bits per heavy atom. The van der Waals surface area contributed by atoms with Crippen LogP contribution in [0.4, 0.5) is 0 Å². The zero-order valence-electron chi connectivity index (χ0n) is 17.7. The average molecular weight is 422 g/mol. The van der Waals surface area contributed by atoms with Crippen molar-refractivity contribution in [2.45, 2.75) is 12.3 Å². The van der Waals surface area contributed by atoms with E-state index in [1.54, 1.807) is 0 Å². The fraction of sp³-hybridized carbons (Fsp3) is 0.364. The van der Waals surface area contributed by atoms with Gasteiger partial charge in [0, 0.05) is 0 Å². The van der Waals surface area contributed by atoms with Crippen molar-refractivity contribution < 1.29 is 18.6 Å². The monoisotopic (exact) mass is 422 g/mol. The molecule has 2 aromatic rings. The van der Waals surface area contributed by atoms with E-state index in [0.717, 1.165) is 11.1 Å². The first-order chi connectivity index (χ1) is 12.7. The van der Waals surface area contributed by atoms with Crippen LogP contribution in [0.15, 0.2) is 60.7 Å². The van der Waals surface area contributed by atoms with Crippen molar-refractivity contribution in [1.29, 1.82) is 0 Å². The molecule has 0 aliphatic carbocycles. The van der Waals surface area contributed by atoms with Crippen LogP contribution in [-0.4, -0.2) is 51.9 Å². The summed E-state index contributed by atoms with van der Waals surface area (Å²) < 4.78 is 11.5. The van der Waals surface area contributed by atoms with E-state index in [1.807, 2.05) is 101 Å². The van der Waals surface area contributed by atoms with Gasteiger partial charge in [-0.3, -0.25) is 0 Å². The van der Waals surface area contributed by atoms with Gasteiger partial charge in [0.05, 0.1) is 0 Å². The molecular formula is C22H32O4P2. The Kier molecular flexibility index (Phi) is 6.10. The van der Waals surface area contributed by atoms with Crippen LogP contribution in [0.2, 0.25) is 0 Å². The summed E-state index contributed by atoms with van der Waals surface area (Å²) >= 11 is 0. The maximum atomic E-state index is 12.6. The molecule has 0 aliphatic heterocycles. The molecule has 0 spiro atoms. The van der Waals surface area contributed by atoms with Gasteiger partial charge in [-0.15, -0.1) is 0 Å². The summed E-state index contributed by atoms with van der Waals surface area (Å²) in [5, 5.41) is 0. The number of hydrogen-bond acceptors (Lipinski definition) is 4. The van der Waals surface area contributed by atoms with Crippen LogP contribution in [0.25, 0.3) is 0 Å². The van der Waals surface area contributed by atoms with Crippen molar-refractivity contribution in [2.24, 2.45) is 0 Å². The van der Waals surface area contributed by atoms with Crippen molar-refractivity contribution in [1.82, 2.24) is 0 Å². The fourth-order valence-electron chi connectivity index (χ4n) is 3.17. The minimum atomic E-state index is -2.86. The van der Waals surface area contributed by atoms with Crippen molar-refractivity contribution in [3.05, 3.63) is 71.8 Å². The van der Waals surface area contributed by atoms with E-state index < -0.39 is 25.6 Å². The van der Waals surface area contributed by atoms with E-state index in [-0.39, 0.29) is 0 Å². The standard InChI is InChI=1S/C22H32O4P2/c1-27(2,3,17-19-13-9-7-10-14-19)25-21(23)22(24)26-28(4,5,6)18-20-15-11-8-12-16-20/h7-16H,17-18H2,1-6H3. The second kappa shape index (κ2) is 7.58. The van der Waals surface area contributed by atoms with Crippen molar-refractivity contribution >= 4 is 25.6 Å². The molecule has 2 rings (SSSR count). The van der Waals surface area contributed by atoms with Gasteiger partial charge in [0.1, 0.15) is 0 Å². The van der Waals surface area contributed by atoms with E-state index >= 15 is 0 Å². The van der Waals surface area contributed by atoms with Gasteiger partial charge in [-0.1, -0.05) is 0 Å². The molecule has 2 aromatic carbocycles. The van der Waals surface area contributed by atoms with Gasteiger partial charge < -0.3 is 0 Å². The van der Waals surface area contributed by atoms with Crippen LogP contribution in [-0.2, 0) is 31.0 Å². The first-order valence-corrected chi connectivity index (χ1v) is 16.6. The summed E-state index contributed by atoms with van der Waals surface area (Å²) in [6, 6.07) is 19.7. The van der Waals surface area contributed by atoms with E-state index in [0.29, 0.717) is 12.3 Å². The van der Waals surface area contributed by atoms with E-state index in [2.05, 4.69) is 0 Å². The zero-order valence-corrected chi connectivity index (χ0v) is 19.5. The molecule has 0 radical (unpaired) electrons. The van der Waals surface area contributed by atoms with E-state index in [1.165, 1.54) is 0 Å². The summed E-state index contributed by atoms with van der Waals surface area (Å²) in [7, 11) is 0. The van der Waals surface area contributed by atoms with Gasteiger partial charge >= 0.3 is 168 Å². The van der Waals surface area contributed by atoms with Crippen molar-refractivity contribution in [2.75, 3.05) is 40.0 Å². The molecule has 6 heteroatoms. The van der Waals surface area contributed by atoms with E-state index in [9.17, 15) is 9.59 Å². The Balaban J connectivity index is 2.07. The normalized spacial score (nSPS) is 14.8. The minimum absolute atomic E-state index is 0.615. The summed E-state index contributed by atoms with van der Waals surface area (Å²) in [5.74, 6) is -1.79. The van der Waals surface area contributed by atoms with Gasteiger partial charge in [0.15, 0.2) is 0 Å². The zero-order chi connectivity index (χ0) is 21.1. The third kappa shape index (κ3) is 7.34. The Morgan fingerprint density at radius 3 is 1.18 bits per heavy atom. The van der Waals surface area contributed by atoms with Crippen LogP contribution in [0, 0.1) is 0 Å². The molecule has 0 bridgehead atoms. The number of benzene rings is 2. The Hall–Kier alpha value is -1.76. The van der Waals surface area contributed by atoms with Crippen LogP contribution in [0.3, 0.4) is 0 Å². The Morgan fingerprint density at radius 2 is 0.893 bits per heavy atom. The van der Waals surface area contributed by atoms with Gasteiger partial charge in [-0.25, -0.2) is 0 Å². The predicted molar refractivity (Wildman–Crippen MR) is 122 cm³/mol. The Labute approximate surface area is 168 Å². The van der Waals surface area contributed by atoms with Crippen molar-refractivity contribution in [3.8, 4) is 0 Å². The molecule has 0 unspecified atom stereocenters. The second-order valence-electron chi connectivity index (χ2n) is 9.98. The maximum absolute atomic E-state index is 12.6. The van der Waals surface area contributed by atoms with Crippen molar-refractivity contribution in [3.63, 3.8) is 0 Å². The predicted octanol–water partition coefficient (Wildman–Crippen LogP) is 5.19. The third-order valence-electron chi connectivity index (χ3n) is 4.14. The van der Waals surface area contributed by atoms with E-state index in [4.69, 9.17) is 9.05 Å². The number of carbonyl (C=O) groups excluding carboxylic acids is 2. The van der Waals surface area contributed by atoms with Gasteiger partial charge in [0.25, 0.3) is 0 Å². The SMILES string of the molecule is CP(C)(C)(Cc1ccccc1)OC(=O)C(=O)OP(C)(C)(C)Cc1ccccc1. The summed E-state index contributed by atoms with van der Waals surface area (Å²) in [4.78, 5) is 25.2. The third-order valence-corrected chi connectivity index (χ3v) is 8.71. The molecule has 0 amide bonds. The van der Waals surface area contributed by atoms with Crippen LogP contribution < -0.4 is 0 Å². The second-order valence-corrected chi connectivity index (χ2v) is 22.8. The molecule has 0 fully saturated rings. The number of rotatable bonds is 6.